The Morgan fingerprint density at radius 1 is 1.85 bits per heavy atom. The van der Waals surface area contributed by atoms with Gasteiger partial charge in [0.15, 0.2) is 5.82 Å². The average Bonchev–Trinajstić information content (AvgIpc) is 2.52. The molecule has 0 bridgehead atoms. The molecule has 5 heteroatoms. The van der Waals surface area contributed by atoms with Gasteiger partial charge in [0.2, 0.25) is 5.91 Å². The zero-order valence-corrected chi connectivity index (χ0v) is 7.79. The van der Waals surface area contributed by atoms with Crippen LogP contribution in [0.25, 0.3) is 0 Å². The minimum atomic E-state index is -0.512. The number of aromatic amines is 1. The summed E-state index contributed by atoms with van der Waals surface area (Å²) in [7, 11) is 0. The number of carbonyl (C=O) groups is 1. The van der Waals surface area contributed by atoms with E-state index in [1.165, 1.54) is 0 Å². The van der Waals surface area contributed by atoms with Crippen molar-refractivity contribution in [1.82, 2.24) is 10.2 Å². The Hall–Kier alpha value is -1.36. The number of carbonyl (C=O) groups excluding carboxylic acids is 1. The van der Waals surface area contributed by atoms with E-state index in [9.17, 15) is 4.79 Å². The molecule has 0 saturated heterocycles. The lowest BCUT2D eigenvalue weighted by atomic mass is 10.3. The molecule has 0 unspecified atom stereocenters. The summed E-state index contributed by atoms with van der Waals surface area (Å²) in [5, 5.41) is 9.28. The molecule has 0 spiro atoms. The highest BCUT2D eigenvalue weighted by Gasteiger charge is 2.08. The van der Waals surface area contributed by atoms with Crippen molar-refractivity contribution in [2.24, 2.45) is 5.73 Å². The Morgan fingerprint density at radius 2 is 2.54 bits per heavy atom. The molecule has 0 saturated carbocycles. The van der Waals surface area contributed by atoms with E-state index in [0.29, 0.717) is 5.82 Å². The molecule has 1 amide bonds. The molecule has 1 rings (SSSR count). The van der Waals surface area contributed by atoms with Crippen molar-refractivity contribution < 1.29 is 4.79 Å². The van der Waals surface area contributed by atoms with Gasteiger partial charge in [0.1, 0.15) is 0 Å². The van der Waals surface area contributed by atoms with Crippen LogP contribution in [-0.2, 0) is 11.2 Å². The monoisotopic (exact) mass is 182 g/mol. The second kappa shape index (κ2) is 4.04. The largest absolute Gasteiger partial charge is 0.320 e. The van der Waals surface area contributed by atoms with E-state index in [0.717, 1.165) is 12.1 Å². The zero-order valence-electron chi connectivity index (χ0n) is 7.79. The molecule has 0 aromatic carbocycles. The summed E-state index contributed by atoms with van der Waals surface area (Å²) in [5.74, 6) is 0.299. The summed E-state index contributed by atoms with van der Waals surface area (Å²) in [6, 6.07) is 1.28. The van der Waals surface area contributed by atoms with Crippen LogP contribution in [0, 0.1) is 0 Å². The molecule has 4 N–H and O–H groups in total. The first-order valence-electron chi connectivity index (χ1n) is 4.24. The van der Waals surface area contributed by atoms with Gasteiger partial charge in [0.05, 0.1) is 6.04 Å². The van der Waals surface area contributed by atoms with E-state index in [-0.39, 0.29) is 5.91 Å². The Balaban J connectivity index is 2.59. The van der Waals surface area contributed by atoms with Crippen molar-refractivity contribution in [1.29, 1.82) is 0 Å². The van der Waals surface area contributed by atoms with Gasteiger partial charge in [0, 0.05) is 11.8 Å². The van der Waals surface area contributed by atoms with Crippen molar-refractivity contribution in [2.45, 2.75) is 26.3 Å². The molecule has 0 aliphatic rings. The number of nitrogens with zero attached hydrogens (tertiary/aromatic N) is 1. The molecule has 72 valence electrons. The SMILES string of the molecule is CCc1cc(NC(=O)[C@@H](C)N)n[nH]1. The molecule has 0 fully saturated rings. The average molecular weight is 182 g/mol. The van der Waals surface area contributed by atoms with Crippen LogP contribution in [0.2, 0.25) is 0 Å². The highest BCUT2D eigenvalue weighted by molar-refractivity contribution is 5.93. The number of amides is 1. The summed E-state index contributed by atoms with van der Waals surface area (Å²) in [6.07, 6.45) is 0.862. The Labute approximate surface area is 76.7 Å². The number of rotatable bonds is 3. The van der Waals surface area contributed by atoms with Crippen LogP contribution in [0.5, 0.6) is 0 Å². The number of nitrogens with one attached hydrogen (secondary N) is 2. The number of nitrogens with two attached hydrogens (primary N) is 1. The summed E-state index contributed by atoms with van der Waals surface area (Å²) < 4.78 is 0. The fourth-order valence-corrected chi connectivity index (χ4v) is 0.847. The molecule has 1 heterocycles. The fourth-order valence-electron chi connectivity index (χ4n) is 0.847. The Morgan fingerprint density at radius 3 is 3.00 bits per heavy atom. The maximum atomic E-state index is 11.1. The normalized spacial score (nSPS) is 12.5. The van der Waals surface area contributed by atoms with Crippen LogP contribution in [0.15, 0.2) is 6.07 Å². The van der Waals surface area contributed by atoms with E-state index in [2.05, 4.69) is 15.5 Å². The third kappa shape index (κ3) is 2.55. The number of hydrogen-bond acceptors (Lipinski definition) is 3. The second-order valence-electron chi connectivity index (χ2n) is 2.91. The van der Waals surface area contributed by atoms with Gasteiger partial charge in [-0.3, -0.25) is 9.89 Å². The first-order chi connectivity index (χ1) is 6.13. The summed E-state index contributed by atoms with van der Waals surface area (Å²) in [4.78, 5) is 11.1. The maximum absolute atomic E-state index is 11.1. The summed E-state index contributed by atoms with van der Waals surface area (Å²) in [6.45, 7) is 3.63. The lowest BCUT2D eigenvalue weighted by Gasteiger charge is -2.03. The van der Waals surface area contributed by atoms with Gasteiger partial charge in [-0.15, -0.1) is 0 Å². The summed E-state index contributed by atoms with van der Waals surface area (Å²) >= 11 is 0. The number of aromatic nitrogens is 2. The zero-order chi connectivity index (χ0) is 9.84. The molecule has 5 nitrogen and oxygen atoms in total. The third-order valence-corrected chi connectivity index (χ3v) is 1.68. The fraction of sp³-hybridized carbons (Fsp3) is 0.500. The minimum absolute atomic E-state index is 0.228. The van der Waals surface area contributed by atoms with Gasteiger partial charge in [-0.1, -0.05) is 6.92 Å². The van der Waals surface area contributed by atoms with Gasteiger partial charge < -0.3 is 11.1 Å². The van der Waals surface area contributed by atoms with Crippen molar-refractivity contribution >= 4 is 11.7 Å². The van der Waals surface area contributed by atoms with E-state index in [4.69, 9.17) is 5.73 Å². The number of aryl methyl sites for hydroxylation is 1. The predicted octanol–water partition coefficient (Wildman–Crippen LogP) is 0.258. The Kier molecular flexibility index (Phi) is 3.02. The lowest BCUT2D eigenvalue weighted by molar-refractivity contribution is -0.117. The first kappa shape index (κ1) is 9.73. The molecule has 0 radical (unpaired) electrons. The van der Waals surface area contributed by atoms with Crippen LogP contribution in [-0.4, -0.2) is 22.1 Å². The van der Waals surface area contributed by atoms with Crippen molar-refractivity contribution in [3.8, 4) is 0 Å². The van der Waals surface area contributed by atoms with Crippen LogP contribution in [0.1, 0.15) is 19.5 Å². The number of H-pyrrole nitrogens is 1. The topological polar surface area (TPSA) is 83.8 Å². The standard InChI is InChI=1S/C8H14N4O/c1-3-6-4-7(12-11-6)10-8(13)5(2)9/h4-5H,3,9H2,1-2H3,(H2,10,11,12,13)/t5-/m1/s1. The van der Waals surface area contributed by atoms with Gasteiger partial charge in [-0.2, -0.15) is 5.10 Å². The molecule has 13 heavy (non-hydrogen) atoms. The van der Waals surface area contributed by atoms with Crippen molar-refractivity contribution in [3.05, 3.63) is 11.8 Å². The molecule has 0 aliphatic carbocycles. The number of anilines is 1. The predicted molar refractivity (Wildman–Crippen MR) is 50.2 cm³/mol. The molecule has 1 aromatic rings. The van der Waals surface area contributed by atoms with Gasteiger partial charge >= 0.3 is 0 Å². The molecular formula is C8H14N4O. The van der Waals surface area contributed by atoms with Crippen LogP contribution in [0.3, 0.4) is 0 Å². The van der Waals surface area contributed by atoms with Gasteiger partial charge in [-0.05, 0) is 13.3 Å². The Bertz CT molecular complexity index is 292. The van der Waals surface area contributed by atoms with E-state index < -0.39 is 6.04 Å². The van der Waals surface area contributed by atoms with E-state index >= 15 is 0 Å². The van der Waals surface area contributed by atoms with Crippen LogP contribution < -0.4 is 11.1 Å². The molecule has 1 aromatic heterocycles. The highest BCUT2D eigenvalue weighted by atomic mass is 16.2. The maximum Gasteiger partial charge on any atom is 0.242 e. The van der Waals surface area contributed by atoms with Crippen LogP contribution in [0.4, 0.5) is 5.82 Å². The van der Waals surface area contributed by atoms with Gasteiger partial charge in [-0.25, -0.2) is 0 Å². The minimum Gasteiger partial charge on any atom is -0.320 e. The van der Waals surface area contributed by atoms with Crippen LogP contribution >= 0.6 is 0 Å². The lowest BCUT2D eigenvalue weighted by Crippen LogP contribution is -2.32. The van der Waals surface area contributed by atoms with E-state index in [1.807, 2.05) is 6.92 Å². The molecule has 0 aliphatic heterocycles. The number of hydrogen-bond donors (Lipinski definition) is 3. The third-order valence-electron chi connectivity index (χ3n) is 1.68. The molecule has 1 atom stereocenters. The smallest absolute Gasteiger partial charge is 0.242 e. The van der Waals surface area contributed by atoms with Gasteiger partial charge in [0.25, 0.3) is 0 Å². The van der Waals surface area contributed by atoms with E-state index in [1.54, 1.807) is 13.0 Å². The highest BCUT2D eigenvalue weighted by Crippen LogP contribution is 2.05. The quantitative estimate of drug-likeness (QED) is 0.626. The first-order valence-corrected chi connectivity index (χ1v) is 4.24. The summed E-state index contributed by atoms with van der Waals surface area (Å²) in [5.41, 5.74) is 6.36. The van der Waals surface area contributed by atoms with Crippen molar-refractivity contribution in [3.63, 3.8) is 0 Å². The molecular weight excluding hydrogens is 168 g/mol. The van der Waals surface area contributed by atoms with Crippen molar-refractivity contribution in [2.75, 3.05) is 5.32 Å². The second-order valence-corrected chi connectivity index (χ2v) is 2.91.